The smallest absolute Gasteiger partial charge is 0.227 e. The molecule has 0 saturated carbocycles. The summed E-state index contributed by atoms with van der Waals surface area (Å²) in [6.07, 6.45) is 1.73. The molecular weight excluding hydrogens is 388 g/mol. The maximum Gasteiger partial charge on any atom is 0.227 e. The van der Waals surface area contributed by atoms with E-state index < -0.39 is 0 Å². The van der Waals surface area contributed by atoms with Crippen LogP contribution in [0.2, 0.25) is 0 Å². The lowest BCUT2D eigenvalue weighted by Crippen LogP contribution is -2.37. The maximum atomic E-state index is 12.8. The van der Waals surface area contributed by atoms with Crippen LogP contribution in [0.1, 0.15) is 18.4 Å². The molecule has 31 heavy (non-hydrogen) atoms. The Balaban J connectivity index is 1.16. The Morgan fingerprint density at radius 2 is 1.84 bits per heavy atom. The maximum absolute atomic E-state index is 12.8. The molecule has 2 N–H and O–H groups in total. The third-order valence-electron chi connectivity index (χ3n) is 5.91. The van der Waals surface area contributed by atoms with Crippen molar-refractivity contribution in [2.75, 3.05) is 18.4 Å². The van der Waals surface area contributed by atoms with Gasteiger partial charge in [-0.15, -0.1) is 10.2 Å². The SMILES string of the molecule is O=C(Nc1cccc(-c2nn[nH]n2)c1)C1CCN(Cc2ccc3ccccc3c2)CC1. The van der Waals surface area contributed by atoms with Crippen LogP contribution >= 0.6 is 0 Å². The zero-order chi connectivity index (χ0) is 21.0. The molecule has 0 unspecified atom stereocenters. The van der Waals surface area contributed by atoms with Gasteiger partial charge in [0.15, 0.2) is 0 Å². The van der Waals surface area contributed by atoms with Gasteiger partial charge in [-0.1, -0.05) is 48.5 Å². The van der Waals surface area contributed by atoms with E-state index in [0.29, 0.717) is 5.82 Å². The van der Waals surface area contributed by atoms with Gasteiger partial charge in [0.1, 0.15) is 0 Å². The molecule has 1 amide bonds. The van der Waals surface area contributed by atoms with E-state index in [2.05, 4.69) is 73.3 Å². The average molecular weight is 412 g/mol. The van der Waals surface area contributed by atoms with Gasteiger partial charge in [-0.2, -0.15) is 5.21 Å². The number of hydrogen-bond acceptors (Lipinski definition) is 5. The van der Waals surface area contributed by atoms with Gasteiger partial charge in [0.25, 0.3) is 0 Å². The van der Waals surface area contributed by atoms with Crippen LogP contribution < -0.4 is 5.32 Å². The summed E-state index contributed by atoms with van der Waals surface area (Å²) in [6, 6.07) is 22.6. The van der Waals surface area contributed by atoms with Gasteiger partial charge in [-0.3, -0.25) is 9.69 Å². The largest absolute Gasteiger partial charge is 0.326 e. The van der Waals surface area contributed by atoms with Crippen molar-refractivity contribution >= 4 is 22.4 Å². The van der Waals surface area contributed by atoms with Crippen LogP contribution in [0, 0.1) is 5.92 Å². The second-order valence-electron chi connectivity index (χ2n) is 8.04. The highest BCUT2D eigenvalue weighted by Gasteiger charge is 2.25. The van der Waals surface area contributed by atoms with Crippen molar-refractivity contribution in [3.05, 3.63) is 72.3 Å². The zero-order valence-electron chi connectivity index (χ0n) is 17.2. The lowest BCUT2D eigenvalue weighted by atomic mass is 9.95. The molecule has 2 heterocycles. The number of rotatable bonds is 5. The van der Waals surface area contributed by atoms with Gasteiger partial charge in [-0.25, -0.2) is 0 Å². The topological polar surface area (TPSA) is 86.8 Å². The third kappa shape index (κ3) is 4.46. The number of aromatic nitrogens is 4. The Hall–Kier alpha value is -3.58. The summed E-state index contributed by atoms with van der Waals surface area (Å²) >= 11 is 0. The number of H-pyrrole nitrogens is 1. The molecule has 1 aromatic heterocycles. The van der Waals surface area contributed by atoms with Crippen LogP contribution in [0.4, 0.5) is 5.69 Å². The summed E-state index contributed by atoms with van der Waals surface area (Å²) in [7, 11) is 0. The predicted molar refractivity (Wildman–Crippen MR) is 120 cm³/mol. The number of carbonyl (C=O) groups is 1. The van der Waals surface area contributed by atoms with Crippen molar-refractivity contribution in [3.8, 4) is 11.4 Å². The summed E-state index contributed by atoms with van der Waals surface area (Å²) < 4.78 is 0. The molecule has 3 aromatic carbocycles. The van der Waals surface area contributed by atoms with E-state index in [1.54, 1.807) is 0 Å². The third-order valence-corrected chi connectivity index (χ3v) is 5.91. The van der Waals surface area contributed by atoms with Crippen molar-refractivity contribution < 1.29 is 4.79 Å². The minimum Gasteiger partial charge on any atom is -0.326 e. The second kappa shape index (κ2) is 8.65. The first-order valence-electron chi connectivity index (χ1n) is 10.6. The Morgan fingerprint density at radius 1 is 1.00 bits per heavy atom. The number of likely N-dealkylation sites (tertiary alicyclic amines) is 1. The van der Waals surface area contributed by atoms with Gasteiger partial charge in [0.2, 0.25) is 11.7 Å². The quantitative estimate of drug-likeness (QED) is 0.520. The highest BCUT2D eigenvalue weighted by molar-refractivity contribution is 5.93. The zero-order valence-corrected chi connectivity index (χ0v) is 17.2. The molecule has 7 nitrogen and oxygen atoms in total. The number of fused-ring (bicyclic) bond motifs is 1. The van der Waals surface area contributed by atoms with Gasteiger partial charge in [0.05, 0.1) is 0 Å². The first-order chi connectivity index (χ1) is 15.2. The summed E-state index contributed by atoms with van der Waals surface area (Å²) in [6.45, 7) is 2.77. The van der Waals surface area contributed by atoms with Crippen LogP contribution in [-0.2, 0) is 11.3 Å². The summed E-state index contributed by atoms with van der Waals surface area (Å²) in [5.74, 6) is 0.621. The number of nitrogens with one attached hydrogen (secondary N) is 2. The van der Waals surface area contributed by atoms with Crippen LogP contribution in [0.25, 0.3) is 22.2 Å². The summed E-state index contributed by atoms with van der Waals surface area (Å²) in [5.41, 5.74) is 2.89. The molecule has 156 valence electrons. The van der Waals surface area contributed by atoms with Crippen LogP contribution in [0.5, 0.6) is 0 Å². The van der Waals surface area contributed by atoms with Gasteiger partial charge < -0.3 is 5.32 Å². The van der Waals surface area contributed by atoms with E-state index in [1.807, 2.05) is 24.3 Å². The van der Waals surface area contributed by atoms with Crippen LogP contribution in [0.3, 0.4) is 0 Å². The molecule has 7 heteroatoms. The molecule has 0 aliphatic carbocycles. The summed E-state index contributed by atoms with van der Waals surface area (Å²) in [5, 5.41) is 19.6. The normalized spacial score (nSPS) is 15.2. The van der Waals surface area contributed by atoms with Crippen LogP contribution in [0.15, 0.2) is 66.7 Å². The Kier molecular flexibility index (Phi) is 5.41. The minimum atomic E-state index is 0.0293. The molecule has 5 rings (SSSR count). The van der Waals surface area contributed by atoms with Crippen molar-refractivity contribution in [2.24, 2.45) is 5.92 Å². The van der Waals surface area contributed by atoms with Gasteiger partial charge >= 0.3 is 0 Å². The van der Waals surface area contributed by atoms with Crippen molar-refractivity contribution in [2.45, 2.75) is 19.4 Å². The van der Waals surface area contributed by atoms with E-state index in [0.717, 1.165) is 43.7 Å². The fourth-order valence-electron chi connectivity index (χ4n) is 4.21. The molecule has 1 fully saturated rings. The number of aromatic amines is 1. The standard InChI is InChI=1S/C24H24N6O/c31-24(25-22-7-3-6-21(15-22)23-26-28-29-27-23)19-10-12-30(13-11-19)16-17-8-9-18-4-1-2-5-20(18)14-17/h1-9,14-15,19H,10-13,16H2,(H,25,31)(H,26,27,28,29). The number of benzene rings is 3. The molecule has 0 atom stereocenters. The van der Waals surface area contributed by atoms with E-state index in [-0.39, 0.29) is 11.8 Å². The highest BCUT2D eigenvalue weighted by Crippen LogP contribution is 2.24. The van der Waals surface area contributed by atoms with Gasteiger partial charge in [-0.05, 0) is 65.7 Å². The van der Waals surface area contributed by atoms with E-state index in [9.17, 15) is 4.79 Å². The number of piperidine rings is 1. The Bertz CT molecular complexity index is 1180. The summed E-state index contributed by atoms with van der Waals surface area (Å²) in [4.78, 5) is 15.2. The lowest BCUT2D eigenvalue weighted by molar-refractivity contribution is -0.121. The van der Waals surface area contributed by atoms with E-state index in [4.69, 9.17) is 0 Å². The average Bonchev–Trinajstić information content (AvgIpc) is 3.35. The molecular formula is C24H24N6O. The first-order valence-corrected chi connectivity index (χ1v) is 10.6. The van der Waals surface area contributed by atoms with E-state index in [1.165, 1.54) is 16.3 Å². The molecule has 0 bridgehead atoms. The first kappa shape index (κ1) is 19.4. The number of anilines is 1. The minimum absolute atomic E-state index is 0.0293. The Morgan fingerprint density at radius 3 is 2.65 bits per heavy atom. The Labute approximate surface area is 180 Å². The second-order valence-corrected chi connectivity index (χ2v) is 8.04. The lowest BCUT2D eigenvalue weighted by Gasteiger charge is -2.31. The number of carbonyl (C=O) groups excluding carboxylic acids is 1. The van der Waals surface area contributed by atoms with Gasteiger partial charge in [0, 0.05) is 23.7 Å². The highest BCUT2D eigenvalue weighted by atomic mass is 16.1. The number of tetrazole rings is 1. The van der Waals surface area contributed by atoms with Crippen LogP contribution in [-0.4, -0.2) is 44.5 Å². The number of amides is 1. The molecule has 1 aliphatic heterocycles. The van der Waals surface area contributed by atoms with E-state index >= 15 is 0 Å². The number of nitrogens with zero attached hydrogens (tertiary/aromatic N) is 4. The molecule has 1 saturated heterocycles. The van der Waals surface area contributed by atoms with Crippen molar-refractivity contribution in [3.63, 3.8) is 0 Å². The fourth-order valence-corrected chi connectivity index (χ4v) is 4.21. The van der Waals surface area contributed by atoms with Crippen molar-refractivity contribution in [1.82, 2.24) is 25.5 Å². The molecule has 4 aromatic rings. The molecule has 0 radical (unpaired) electrons. The van der Waals surface area contributed by atoms with Crippen molar-refractivity contribution in [1.29, 1.82) is 0 Å². The number of hydrogen-bond donors (Lipinski definition) is 2. The molecule has 1 aliphatic rings. The molecule has 0 spiro atoms. The monoisotopic (exact) mass is 412 g/mol. The fraction of sp³-hybridized carbons (Fsp3) is 0.250. The predicted octanol–water partition coefficient (Wildman–Crippen LogP) is 3.87.